The molecule has 0 aliphatic rings. The van der Waals surface area contributed by atoms with E-state index in [0.29, 0.717) is 17.3 Å². The molecular weight excluding hydrogens is 196 g/mol. The molecule has 0 unspecified atom stereocenters. The standard InChI is InChI=1S/C9H8ClF2N/c1-6(10)5-13-7-2-3-8(11)9(12)4-7/h2-4,13H,1,5H2. The van der Waals surface area contributed by atoms with Crippen LogP contribution >= 0.6 is 11.6 Å². The highest BCUT2D eigenvalue weighted by atomic mass is 35.5. The van der Waals surface area contributed by atoms with Gasteiger partial charge in [0.1, 0.15) is 0 Å². The fraction of sp³-hybridized carbons (Fsp3) is 0.111. The van der Waals surface area contributed by atoms with Crippen LogP contribution in [0.15, 0.2) is 29.8 Å². The average Bonchev–Trinajstić information content (AvgIpc) is 2.07. The number of hydrogen-bond acceptors (Lipinski definition) is 1. The third-order valence-corrected chi connectivity index (χ3v) is 1.54. The van der Waals surface area contributed by atoms with Crippen LogP contribution in [0.5, 0.6) is 0 Å². The molecule has 0 fully saturated rings. The zero-order valence-corrected chi connectivity index (χ0v) is 7.54. The first kappa shape index (κ1) is 9.99. The van der Waals surface area contributed by atoms with Crippen LogP contribution in [0.3, 0.4) is 0 Å². The van der Waals surface area contributed by atoms with E-state index in [-0.39, 0.29) is 0 Å². The normalized spacial score (nSPS) is 9.77. The molecule has 0 saturated carbocycles. The zero-order valence-electron chi connectivity index (χ0n) is 6.78. The van der Waals surface area contributed by atoms with E-state index >= 15 is 0 Å². The van der Waals surface area contributed by atoms with Gasteiger partial charge in [-0.05, 0) is 12.1 Å². The molecule has 0 saturated heterocycles. The van der Waals surface area contributed by atoms with Gasteiger partial charge in [0.2, 0.25) is 0 Å². The maximum Gasteiger partial charge on any atom is 0.160 e. The third kappa shape index (κ3) is 3.03. The highest BCUT2D eigenvalue weighted by Gasteiger charge is 2.01. The van der Waals surface area contributed by atoms with E-state index in [1.165, 1.54) is 6.07 Å². The van der Waals surface area contributed by atoms with Crippen LogP contribution in [0.4, 0.5) is 14.5 Å². The highest BCUT2D eigenvalue weighted by molar-refractivity contribution is 6.29. The van der Waals surface area contributed by atoms with Crippen molar-refractivity contribution in [1.29, 1.82) is 0 Å². The van der Waals surface area contributed by atoms with Gasteiger partial charge in [0.05, 0.1) is 6.54 Å². The molecule has 13 heavy (non-hydrogen) atoms. The van der Waals surface area contributed by atoms with Crippen LogP contribution in [-0.2, 0) is 0 Å². The molecule has 0 aromatic heterocycles. The minimum atomic E-state index is -0.884. The number of anilines is 1. The van der Waals surface area contributed by atoms with Gasteiger partial charge in [-0.15, -0.1) is 0 Å². The van der Waals surface area contributed by atoms with Gasteiger partial charge in [0, 0.05) is 16.8 Å². The van der Waals surface area contributed by atoms with Gasteiger partial charge in [-0.2, -0.15) is 0 Å². The Labute approximate surface area is 80.0 Å². The molecule has 1 nitrogen and oxygen atoms in total. The minimum Gasteiger partial charge on any atom is -0.380 e. The Morgan fingerprint density at radius 2 is 2.08 bits per heavy atom. The van der Waals surface area contributed by atoms with Crippen LogP contribution in [0, 0.1) is 11.6 Å². The molecule has 0 spiro atoms. The lowest BCUT2D eigenvalue weighted by Gasteiger charge is -2.04. The summed E-state index contributed by atoms with van der Waals surface area (Å²) in [6.07, 6.45) is 0. The Hall–Kier alpha value is -1.09. The maximum atomic E-state index is 12.6. The molecule has 4 heteroatoms. The molecule has 1 aromatic carbocycles. The van der Waals surface area contributed by atoms with Crippen LogP contribution < -0.4 is 5.32 Å². The molecule has 70 valence electrons. The molecule has 0 bridgehead atoms. The number of benzene rings is 1. The lowest BCUT2D eigenvalue weighted by atomic mass is 10.3. The summed E-state index contributed by atoms with van der Waals surface area (Å²) in [5, 5.41) is 3.18. The first-order chi connectivity index (χ1) is 6.09. The summed E-state index contributed by atoms with van der Waals surface area (Å²) in [4.78, 5) is 0. The highest BCUT2D eigenvalue weighted by Crippen LogP contribution is 2.13. The Morgan fingerprint density at radius 1 is 1.38 bits per heavy atom. The lowest BCUT2D eigenvalue weighted by Crippen LogP contribution is -2.01. The Morgan fingerprint density at radius 3 is 2.62 bits per heavy atom. The smallest absolute Gasteiger partial charge is 0.160 e. The van der Waals surface area contributed by atoms with Crippen LogP contribution in [0.25, 0.3) is 0 Å². The van der Waals surface area contributed by atoms with Gasteiger partial charge < -0.3 is 5.32 Å². The van der Waals surface area contributed by atoms with Crippen molar-refractivity contribution in [3.8, 4) is 0 Å². The molecule has 0 atom stereocenters. The van der Waals surface area contributed by atoms with E-state index < -0.39 is 11.6 Å². The van der Waals surface area contributed by atoms with Crippen molar-refractivity contribution in [1.82, 2.24) is 0 Å². The Balaban J connectivity index is 2.68. The summed E-state index contributed by atoms with van der Waals surface area (Å²) < 4.78 is 25.1. The molecule has 0 amide bonds. The van der Waals surface area contributed by atoms with Gasteiger partial charge in [-0.1, -0.05) is 18.2 Å². The summed E-state index contributed by atoms with van der Waals surface area (Å²) in [5.41, 5.74) is 0.473. The summed E-state index contributed by atoms with van der Waals surface area (Å²) >= 11 is 5.47. The average molecular weight is 204 g/mol. The summed E-state index contributed by atoms with van der Waals surface area (Å²) in [6, 6.07) is 3.54. The van der Waals surface area contributed by atoms with Gasteiger partial charge >= 0.3 is 0 Å². The van der Waals surface area contributed by atoms with Crippen molar-refractivity contribution in [3.63, 3.8) is 0 Å². The molecule has 0 aliphatic carbocycles. The second kappa shape index (κ2) is 4.23. The number of nitrogens with one attached hydrogen (secondary N) is 1. The molecule has 0 aliphatic heterocycles. The minimum absolute atomic E-state index is 0.326. The number of halogens is 3. The topological polar surface area (TPSA) is 12.0 Å². The SMILES string of the molecule is C=C(Cl)CNc1ccc(F)c(F)c1. The first-order valence-electron chi connectivity index (χ1n) is 3.62. The predicted octanol–water partition coefficient (Wildman–Crippen LogP) is 3.13. The summed E-state index contributed by atoms with van der Waals surface area (Å²) in [5.74, 6) is -1.75. The monoisotopic (exact) mass is 203 g/mol. The second-order valence-electron chi connectivity index (χ2n) is 2.50. The van der Waals surface area contributed by atoms with E-state index in [4.69, 9.17) is 11.6 Å². The van der Waals surface area contributed by atoms with Crippen LogP contribution in [0.2, 0.25) is 0 Å². The van der Waals surface area contributed by atoms with Crippen LogP contribution in [0.1, 0.15) is 0 Å². The lowest BCUT2D eigenvalue weighted by molar-refractivity contribution is 0.509. The zero-order chi connectivity index (χ0) is 9.84. The molecule has 0 heterocycles. The van der Waals surface area contributed by atoms with Gasteiger partial charge in [0.15, 0.2) is 11.6 Å². The Bertz CT molecular complexity index is 325. The van der Waals surface area contributed by atoms with Gasteiger partial charge in [0.25, 0.3) is 0 Å². The third-order valence-electron chi connectivity index (χ3n) is 1.40. The molecule has 1 rings (SSSR count). The van der Waals surface area contributed by atoms with E-state index in [0.717, 1.165) is 12.1 Å². The predicted molar refractivity (Wildman–Crippen MR) is 49.8 cm³/mol. The largest absolute Gasteiger partial charge is 0.380 e. The molecule has 1 aromatic rings. The van der Waals surface area contributed by atoms with Crippen molar-refractivity contribution in [2.75, 3.05) is 11.9 Å². The Kier molecular flexibility index (Phi) is 3.25. The van der Waals surface area contributed by atoms with Crippen molar-refractivity contribution >= 4 is 17.3 Å². The first-order valence-corrected chi connectivity index (χ1v) is 3.99. The van der Waals surface area contributed by atoms with Gasteiger partial charge in [-0.3, -0.25) is 0 Å². The van der Waals surface area contributed by atoms with E-state index in [9.17, 15) is 8.78 Å². The van der Waals surface area contributed by atoms with Crippen molar-refractivity contribution in [3.05, 3.63) is 41.4 Å². The van der Waals surface area contributed by atoms with E-state index in [1.54, 1.807) is 0 Å². The fourth-order valence-electron chi connectivity index (χ4n) is 0.804. The second-order valence-corrected chi connectivity index (χ2v) is 3.03. The molecular formula is C9H8ClF2N. The fourth-order valence-corrected chi connectivity index (χ4v) is 0.871. The maximum absolute atomic E-state index is 12.6. The number of hydrogen-bond donors (Lipinski definition) is 1. The molecule has 0 radical (unpaired) electrons. The number of rotatable bonds is 3. The van der Waals surface area contributed by atoms with Crippen LogP contribution in [-0.4, -0.2) is 6.54 Å². The van der Waals surface area contributed by atoms with Crippen molar-refractivity contribution in [2.45, 2.75) is 0 Å². The van der Waals surface area contributed by atoms with E-state index in [1.807, 2.05) is 0 Å². The quantitative estimate of drug-likeness (QED) is 0.796. The van der Waals surface area contributed by atoms with Crippen molar-refractivity contribution in [2.24, 2.45) is 0 Å². The summed E-state index contributed by atoms with van der Waals surface area (Å²) in [6.45, 7) is 3.77. The van der Waals surface area contributed by atoms with Gasteiger partial charge in [-0.25, -0.2) is 8.78 Å². The molecule has 1 N–H and O–H groups in total. The van der Waals surface area contributed by atoms with Crippen molar-refractivity contribution < 1.29 is 8.78 Å². The van der Waals surface area contributed by atoms with E-state index in [2.05, 4.69) is 11.9 Å². The summed E-state index contributed by atoms with van der Waals surface area (Å²) in [7, 11) is 0.